The van der Waals surface area contributed by atoms with Crippen LogP contribution in [0.15, 0.2) is 12.7 Å². The van der Waals surface area contributed by atoms with Crippen molar-refractivity contribution in [2.45, 2.75) is 83.8 Å². The largest absolute Gasteiger partial charge is 0.469 e. The second kappa shape index (κ2) is 5.59. The minimum Gasteiger partial charge on any atom is -0.469 e. The monoisotopic (exact) mass is 334 g/mol. The maximum Gasteiger partial charge on any atom is 0.311 e. The van der Waals surface area contributed by atoms with E-state index in [1.54, 1.807) is 0 Å². The van der Waals surface area contributed by atoms with Crippen LogP contribution in [0.25, 0.3) is 0 Å². The van der Waals surface area contributed by atoms with Gasteiger partial charge in [-0.1, -0.05) is 19.4 Å². The van der Waals surface area contributed by atoms with E-state index in [-0.39, 0.29) is 28.0 Å². The highest BCUT2D eigenvalue weighted by Gasteiger charge is 2.63. The Kier molecular flexibility index (Phi) is 4.18. The van der Waals surface area contributed by atoms with E-state index in [9.17, 15) is 4.79 Å². The van der Waals surface area contributed by atoms with Gasteiger partial charge >= 0.3 is 5.97 Å². The molecule has 0 aromatic rings. The summed E-state index contributed by atoms with van der Waals surface area (Å²) in [5.41, 5.74) is -0.519. The van der Waals surface area contributed by atoms with E-state index in [4.69, 9.17) is 9.47 Å². The van der Waals surface area contributed by atoms with Crippen molar-refractivity contribution in [2.75, 3.05) is 7.11 Å². The van der Waals surface area contributed by atoms with Crippen LogP contribution in [0.1, 0.15) is 72.6 Å². The molecule has 1 saturated heterocycles. The molecule has 0 radical (unpaired) electrons. The molecule has 0 bridgehead atoms. The molecule has 0 aromatic heterocycles. The van der Waals surface area contributed by atoms with Gasteiger partial charge in [0.25, 0.3) is 0 Å². The van der Waals surface area contributed by atoms with Crippen LogP contribution in [0.2, 0.25) is 0 Å². The molecular formula is C21H34O3. The van der Waals surface area contributed by atoms with Gasteiger partial charge in [-0.25, -0.2) is 0 Å². The van der Waals surface area contributed by atoms with Gasteiger partial charge in [0.1, 0.15) is 0 Å². The third-order valence-electron chi connectivity index (χ3n) is 7.92. The summed E-state index contributed by atoms with van der Waals surface area (Å²) in [6.45, 7) is 13.0. The summed E-state index contributed by atoms with van der Waals surface area (Å²) in [5.74, 6) is 0.872. The van der Waals surface area contributed by atoms with Gasteiger partial charge < -0.3 is 9.47 Å². The second-order valence-corrected chi connectivity index (χ2v) is 9.38. The molecule has 3 heteroatoms. The summed E-state index contributed by atoms with van der Waals surface area (Å²) in [7, 11) is 1.53. The van der Waals surface area contributed by atoms with Crippen LogP contribution >= 0.6 is 0 Å². The van der Waals surface area contributed by atoms with Gasteiger partial charge in [0.15, 0.2) is 0 Å². The molecule has 0 N–H and O–H groups in total. The van der Waals surface area contributed by atoms with Crippen molar-refractivity contribution in [1.29, 1.82) is 0 Å². The number of esters is 1. The maximum absolute atomic E-state index is 12.6. The molecule has 3 aliphatic rings. The van der Waals surface area contributed by atoms with Gasteiger partial charge in [0.2, 0.25) is 0 Å². The Labute approximate surface area is 147 Å². The predicted octanol–water partition coefficient (Wildman–Crippen LogP) is 4.90. The topological polar surface area (TPSA) is 35.5 Å². The highest BCUT2D eigenvalue weighted by Crippen LogP contribution is 2.65. The molecule has 6 atom stereocenters. The molecule has 0 aromatic carbocycles. The number of hydrogen-bond donors (Lipinski definition) is 0. The SMILES string of the molecule is C=CC1(C)CCC2C(C)(CCC3C(C)(C(=O)OC)CCCC23C)O1. The zero-order valence-corrected chi connectivity index (χ0v) is 16.1. The highest BCUT2D eigenvalue weighted by atomic mass is 16.5. The molecule has 6 unspecified atom stereocenters. The molecule has 3 fully saturated rings. The molecule has 0 spiro atoms. The number of carbonyl (C=O) groups is 1. The van der Waals surface area contributed by atoms with Gasteiger partial charge in [0.05, 0.1) is 23.7 Å². The molecule has 24 heavy (non-hydrogen) atoms. The number of ether oxygens (including phenoxy) is 2. The van der Waals surface area contributed by atoms with E-state index in [1.807, 2.05) is 6.08 Å². The maximum atomic E-state index is 12.6. The Morgan fingerprint density at radius 3 is 2.38 bits per heavy atom. The van der Waals surface area contributed by atoms with Crippen LogP contribution in [0.5, 0.6) is 0 Å². The molecular weight excluding hydrogens is 300 g/mol. The van der Waals surface area contributed by atoms with E-state index in [2.05, 4.69) is 34.3 Å². The van der Waals surface area contributed by atoms with Gasteiger partial charge in [-0.2, -0.15) is 0 Å². The number of fused-ring (bicyclic) bond motifs is 3. The summed E-state index contributed by atoms with van der Waals surface area (Å²) in [6.07, 6.45) is 9.47. The lowest BCUT2D eigenvalue weighted by atomic mass is 9.44. The van der Waals surface area contributed by atoms with E-state index >= 15 is 0 Å². The van der Waals surface area contributed by atoms with E-state index in [0.717, 1.165) is 38.5 Å². The average Bonchev–Trinajstić information content (AvgIpc) is 2.52. The van der Waals surface area contributed by atoms with E-state index < -0.39 is 0 Å². The third kappa shape index (κ3) is 2.38. The minimum absolute atomic E-state index is 0.0188. The first kappa shape index (κ1) is 18.0. The van der Waals surface area contributed by atoms with Crippen molar-refractivity contribution in [3.8, 4) is 0 Å². The fourth-order valence-electron chi connectivity index (χ4n) is 6.67. The van der Waals surface area contributed by atoms with Gasteiger partial charge in [-0.3, -0.25) is 4.79 Å². The molecule has 1 aliphatic heterocycles. The van der Waals surface area contributed by atoms with Crippen LogP contribution in [0.3, 0.4) is 0 Å². The van der Waals surface area contributed by atoms with Crippen LogP contribution < -0.4 is 0 Å². The predicted molar refractivity (Wildman–Crippen MR) is 95.6 cm³/mol. The Balaban J connectivity index is 1.96. The first-order valence-electron chi connectivity index (χ1n) is 9.56. The lowest BCUT2D eigenvalue weighted by Gasteiger charge is -2.64. The fraction of sp³-hybridized carbons (Fsp3) is 0.857. The summed E-state index contributed by atoms with van der Waals surface area (Å²) in [6, 6.07) is 0. The fourth-order valence-corrected chi connectivity index (χ4v) is 6.67. The first-order valence-corrected chi connectivity index (χ1v) is 9.56. The zero-order chi connectivity index (χ0) is 17.8. The molecule has 0 amide bonds. The van der Waals surface area contributed by atoms with E-state index in [0.29, 0.717) is 11.8 Å². The number of rotatable bonds is 2. The Morgan fingerprint density at radius 1 is 1.08 bits per heavy atom. The normalized spacial score (nSPS) is 51.2. The van der Waals surface area contributed by atoms with E-state index in [1.165, 1.54) is 13.5 Å². The van der Waals surface area contributed by atoms with Crippen LogP contribution in [-0.4, -0.2) is 24.3 Å². The Bertz CT molecular complexity index is 543. The molecule has 2 aliphatic carbocycles. The van der Waals surface area contributed by atoms with Gasteiger partial charge in [-0.05, 0) is 76.5 Å². The summed E-state index contributed by atoms with van der Waals surface area (Å²) >= 11 is 0. The lowest BCUT2D eigenvalue weighted by Crippen LogP contribution is -2.63. The first-order chi connectivity index (χ1) is 11.1. The van der Waals surface area contributed by atoms with Crippen molar-refractivity contribution in [1.82, 2.24) is 0 Å². The molecule has 2 saturated carbocycles. The second-order valence-electron chi connectivity index (χ2n) is 9.38. The number of carbonyl (C=O) groups excluding carboxylic acids is 1. The highest BCUT2D eigenvalue weighted by molar-refractivity contribution is 5.77. The summed E-state index contributed by atoms with van der Waals surface area (Å²) in [5, 5.41) is 0. The van der Waals surface area contributed by atoms with Crippen LogP contribution in [0.4, 0.5) is 0 Å². The summed E-state index contributed by atoms with van der Waals surface area (Å²) < 4.78 is 11.9. The Hall–Kier alpha value is -0.830. The van der Waals surface area contributed by atoms with Crippen molar-refractivity contribution >= 4 is 5.97 Å². The molecule has 136 valence electrons. The zero-order valence-electron chi connectivity index (χ0n) is 16.1. The van der Waals surface area contributed by atoms with Crippen LogP contribution in [-0.2, 0) is 14.3 Å². The molecule has 3 nitrogen and oxygen atoms in total. The number of hydrogen-bond acceptors (Lipinski definition) is 3. The smallest absolute Gasteiger partial charge is 0.311 e. The average molecular weight is 335 g/mol. The molecule has 3 rings (SSSR count). The quantitative estimate of drug-likeness (QED) is 0.532. The lowest BCUT2D eigenvalue weighted by molar-refractivity contribution is -0.255. The standard InChI is InChI=1S/C21H34O3/c1-7-18(2)13-9-16-19(3)11-8-12-20(4,17(22)23-6)15(19)10-14-21(16,5)24-18/h7,15-16H,1,8-14H2,2-6H3. The van der Waals surface area contributed by atoms with Gasteiger partial charge in [-0.15, -0.1) is 6.58 Å². The van der Waals surface area contributed by atoms with Crippen molar-refractivity contribution in [3.05, 3.63) is 12.7 Å². The van der Waals surface area contributed by atoms with Gasteiger partial charge in [0, 0.05) is 0 Å². The minimum atomic E-state index is -0.345. The number of methoxy groups -OCH3 is 1. The van der Waals surface area contributed by atoms with Crippen LogP contribution in [0, 0.1) is 22.7 Å². The van der Waals surface area contributed by atoms with Crippen molar-refractivity contribution in [3.63, 3.8) is 0 Å². The molecule has 1 heterocycles. The third-order valence-corrected chi connectivity index (χ3v) is 7.92. The summed E-state index contributed by atoms with van der Waals surface area (Å²) in [4.78, 5) is 12.6. The Morgan fingerprint density at radius 2 is 1.75 bits per heavy atom. The van der Waals surface area contributed by atoms with Crippen molar-refractivity contribution in [2.24, 2.45) is 22.7 Å². The van der Waals surface area contributed by atoms with Crippen molar-refractivity contribution < 1.29 is 14.3 Å².